The van der Waals surface area contributed by atoms with Crippen LogP contribution in [0.5, 0.6) is 5.75 Å². The Bertz CT molecular complexity index is 1940. The van der Waals surface area contributed by atoms with Gasteiger partial charge in [-0.1, -0.05) is 39.8 Å². The smallest absolute Gasteiger partial charge is 0.327 e. The number of hydrogen-bond acceptors (Lipinski definition) is 9. The summed E-state index contributed by atoms with van der Waals surface area (Å²) in [5, 5.41) is 19.8. The number of aryl methyl sites for hydroxylation is 1. The fourth-order valence-corrected chi connectivity index (χ4v) is 7.96. The third-order valence-corrected chi connectivity index (χ3v) is 10.4. The largest absolute Gasteiger partial charge is 0.508 e. The van der Waals surface area contributed by atoms with Gasteiger partial charge in [-0.2, -0.15) is 0 Å². The number of pyridine rings is 1. The number of carbonyl (C=O) groups excluding carboxylic acids is 2. The molecule has 13 heteroatoms. The van der Waals surface area contributed by atoms with Gasteiger partial charge in [0.05, 0.1) is 24.9 Å². The standard InChI is InChI=1S/C41H55N6O6P/c1-8-46-36-12-11-28(21-32(36)33(22-41(4,5)25-53-54-51)38(46)34-23-43-15-13-29(34)24-52-7)30-17-27(18-31(48)20-30)19-35(40(50)47-16-10-9-14-44-47)45-39(49)37(42-6)26(2)3/h11-13,15,17-18,20-21,23,26,35,37,42,44,48H,8-10,14,16,19,22,24-25H2,1-7H3,(H,45,49). The molecule has 2 atom stereocenters. The van der Waals surface area contributed by atoms with Crippen molar-refractivity contribution in [2.75, 3.05) is 33.9 Å². The van der Waals surface area contributed by atoms with Crippen molar-refractivity contribution in [1.82, 2.24) is 30.6 Å². The molecule has 1 aliphatic rings. The number of rotatable bonds is 17. The van der Waals surface area contributed by atoms with Crippen LogP contribution in [0.2, 0.25) is 0 Å². The molecule has 0 radical (unpaired) electrons. The molecule has 0 saturated carbocycles. The van der Waals surface area contributed by atoms with Crippen LogP contribution in [0.25, 0.3) is 33.3 Å². The molecule has 2 unspecified atom stereocenters. The quantitative estimate of drug-likeness (QED) is 0.0895. The highest BCUT2D eigenvalue weighted by Gasteiger charge is 2.31. The van der Waals surface area contributed by atoms with E-state index in [0.717, 1.165) is 57.3 Å². The Labute approximate surface area is 320 Å². The highest BCUT2D eigenvalue weighted by Crippen LogP contribution is 2.41. The number of nitrogens with one attached hydrogen (secondary N) is 3. The van der Waals surface area contributed by atoms with E-state index < -0.39 is 12.1 Å². The summed E-state index contributed by atoms with van der Waals surface area (Å²) in [6, 6.07) is 12.3. The summed E-state index contributed by atoms with van der Waals surface area (Å²) in [6.07, 6.45) is 6.33. The Morgan fingerprint density at radius 1 is 1.11 bits per heavy atom. The number of hydrogen-bond donors (Lipinski definition) is 4. The van der Waals surface area contributed by atoms with E-state index in [4.69, 9.17) is 9.26 Å². The number of phenols is 1. The molecule has 4 aromatic rings. The second kappa shape index (κ2) is 18.4. The first-order valence-corrected chi connectivity index (χ1v) is 19.5. The predicted octanol–water partition coefficient (Wildman–Crippen LogP) is 6.43. The number of phenolic OH excluding ortho intramolecular Hbond substituents is 1. The molecule has 1 saturated heterocycles. The zero-order valence-electron chi connectivity index (χ0n) is 32.6. The third kappa shape index (κ3) is 9.54. The summed E-state index contributed by atoms with van der Waals surface area (Å²) in [5.41, 5.74) is 10.4. The molecule has 3 heterocycles. The minimum atomic E-state index is -0.846. The van der Waals surface area contributed by atoms with Gasteiger partial charge < -0.3 is 25.0 Å². The Balaban J connectivity index is 1.60. The number of hydrazine groups is 1. The molecule has 1 aliphatic heterocycles. The van der Waals surface area contributed by atoms with Crippen LogP contribution in [0.15, 0.2) is 54.9 Å². The van der Waals surface area contributed by atoms with Crippen LogP contribution in [-0.4, -0.2) is 77.4 Å². The van der Waals surface area contributed by atoms with Crippen LogP contribution < -0.4 is 16.1 Å². The van der Waals surface area contributed by atoms with Gasteiger partial charge in [-0.25, -0.2) is 9.99 Å². The maximum Gasteiger partial charge on any atom is 0.327 e. The number of amides is 2. The van der Waals surface area contributed by atoms with Crippen LogP contribution in [0, 0.1) is 11.3 Å². The van der Waals surface area contributed by atoms with E-state index in [1.165, 1.54) is 0 Å². The van der Waals surface area contributed by atoms with E-state index >= 15 is 0 Å². The summed E-state index contributed by atoms with van der Waals surface area (Å²) in [6.45, 7) is 12.9. The van der Waals surface area contributed by atoms with E-state index in [9.17, 15) is 19.3 Å². The highest BCUT2D eigenvalue weighted by atomic mass is 31.1. The van der Waals surface area contributed by atoms with Gasteiger partial charge in [0.2, 0.25) is 5.91 Å². The molecule has 4 N–H and O–H groups in total. The van der Waals surface area contributed by atoms with Crippen molar-refractivity contribution >= 4 is 31.4 Å². The van der Waals surface area contributed by atoms with Gasteiger partial charge in [0.25, 0.3) is 5.91 Å². The Morgan fingerprint density at radius 2 is 1.91 bits per heavy atom. The molecule has 290 valence electrons. The number of likely N-dealkylation sites (N-methyl/N-ethyl adjacent to an activating group) is 1. The summed E-state index contributed by atoms with van der Waals surface area (Å²) < 4.78 is 24.6. The Morgan fingerprint density at radius 3 is 2.57 bits per heavy atom. The molecule has 0 aliphatic carbocycles. The molecule has 0 spiro atoms. The van der Waals surface area contributed by atoms with Crippen molar-refractivity contribution in [3.05, 3.63) is 71.5 Å². The van der Waals surface area contributed by atoms with Crippen molar-refractivity contribution in [3.63, 3.8) is 0 Å². The third-order valence-electron chi connectivity index (χ3n) is 10.1. The first-order valence-electron chi connectivity index (χ1n) is 18.8. The average Bonchev–Trinajstić information content (AvgIpc) is 3.45. The fraction of sp³-hybridized carbons (Fsp3) is 0.488. The zero-order chi connectivity index (χ0) is 39.0. The van der Waals surface area contributed by atoms with Gasteiger partial charge in [0, 0.05) is 62.0 Å². The predicted molar refractivity (Wildman–Crippen MR) is 212 cm³/mol. The minimum Gasteiger partial charge on any atom is -0.508 e. The lowest BCUT2D eigenvalue weighted by Gasteiger charge is -2.32. The van der Waals surface area contributed by atoms with Gasteiger partial charge >= 0.3 is 8.69 Å². The second-order valence-corrected chi connectivity index (χ2v) is 15.6. The summed E-state index contributed by atoms with van der Waals surface area (Å²) >= 11 is 0. The Hall–Kier alpha value is -4.19. The molecule has 0 bridgehead atoms. The van der Waals surface area contributed by atoms with Crippen LogP contribution >= 0.6 is 8.69 Å². The molecule has 1 fully saturated rings. The summed E-state index contributed by atoms with van der Waals surface area (Å²) in [4.78, 5) is 31.8. The molecule has 5 rings (SSSR count). The SMILES string of the molecule is CCn1c(-c2cnccc2COC)c(CC(C)(C)COP=O)c2cc(-c3cc(O)cc(CC(NC(=O)C(NC)C(C)C)C(=O)N4CCCCN4)c3)ccc21. The monoisotopic (exact) mass is 758 g/mol. The van der Waals surface area contributed by atoms with Crippen molar-refractivity contribution in [2.24, 2.45) is 11.3 Å². The average molecular weight is 759 g/mol. The molecule has 54 heavy (non-hydrogen) atoms. The van der Waals surface area contributed by atoms with Crippen LogP contribution in [0.3, 0.4) is 0 Å². The molecule has 12 nitrogen and oxygen atoms in total. The number of carbonyl (C=O) groups is 2. The van der Waals surface area contributed by atoms with E-state index in [2.05, 4.69) is 58.5 Å². The summed E-state index contributed by atoms with van der Waals surface area (Å²) in [7, 11) is 3.06. The summed E-state index contributed by atoms with van der Waals surface area (Å²) in [5.74, 6) is -0.378. The fourth-order valence-electron chi connectivity index (χ4n) is 7.55. The van der Waals surface area contributed by atoms with Crippen LogP contribution in [-0.2, 0) is 49.4 Å². The number of aromatic hydroxyl groups is 1. The second-order valence-electron chi connectivity index (χ2n) is 15.2. The molecule has 2 aromatic heterocycles. The molecular weight excluding hydrogens is 703 g/mol. The van der Waals surface area contributed by atoms with Gasteiger partial charge in [-0.15, -0.1) is 0 Å². The van der Waals surface area contributed by atoms with Gasteiger partial charge in [-0.05, 0) is 103 Å². The van der Waals surface area contributed by atoms with Gasteiger partial charge in [0.15, 0.2) is 0 Å². The lowest BCUT2D eigenvalue weighted by molar-refractivity contribution is -0.140. The van der Waals surface area contributed by atoms with E-state index in [1.807, 2.05) is 38.2 Å². The van der Waals surface area contributed by atoms with Gasteiger partial charge in [-0.3, -0.25) is 24.1 Å². The maximum absolute atomic E-state index is 13.9. The van der Waals surface area contributed by atoms with E-state index in [1.54, 1.807) is 37.5 Å². The number of ether oxygens (including phenoxy) is 1. The normalized spacial score (nSPS) is 14.9. The van der Waals surface area contributed by atoms with E-state index in [0.29, 0.717) is 44.8 Å². The first kappa shape index (κ1) is 41.0. The van der Waals surface area contributed by atoms with Crippen LogP contribution in [0.4, 0.5) is 0 Å². The Kier molecular flexibility index (Phi) is 14.0. The highest BCUT2D eigenvalue weighted by molar-refractivity contribution is 7.17. The molecule has 2 amide bonds. The topological polar surface area (TPSA) is 147 Å². The number of benzene rings is 2. The molecule has 2 aromatic carbocycles. The van der Waals surface area contributed by atoms with Crippen molar-refractivity contribution < 1.29 is 28.5 Å². The van der Waals surface area contributed by atoms with Crippen molar-refractivity contribution in [2.45, 2.75) is 85.5 Å². The number of nitrogens with zero attached hydrogens (tertiary/aromatic N) is 3. The van der Waals surface area contributed by atoms with E-state index in [-0.39, 0.29) is 44.0 Å². The lowest BCUT2D eigenvalue weighted by Crippen LogP contribution is -2.58. The first-order chi connectivity index (χ1) is 25.9. The van der Waals surface area contributed by atoms with Gasteiger partial charge in [0.1, 0.15) is 11.8 Å². The minimum absolute atomic E-state index is 0.0169. The lowest BCUT2D eigenvalue weighted by atomic mass is 9.84. The zero-order valence-corrected chi connectivity index (χ0v) is 33.5. The molecular formula is C41H55N6O6P. The van der Waals surface area contributed by atoms with Crippen molar-refractivity contribution in [3.8, 4) is 28.1 Å². The number of fused-ring (bicyclic) bond motifs is 1. The maximum atomic E-state index is 13.9. The number of methoxy groups -OCH3 is 1. The van der Waals surface area contributed by atoms with Crippen molar-refractivity contribution in [1.29, 1.82) is 0 Å². The number of aromatic nitrogens is 2. The van der Waals surface area contributed by atoms with Crippen LogP contribution in [0.1, 0.15) is 64.2 Å².